The molecule has 3 heteroatoms. The molecule has 0 aromatic carbocycles. The van der Waals surface area contributed by atoms with E-state index in [1.807, 2.05) is 0 Å². The van der Waals surface area contributed by atoms with Gasteiger partial charge in [0, 0.05) is 5.41 Å². The summed E-state index contributed by atoms with van der Waals surface area (Å²) in [5, 5.41) is 20.1. The maximum atomic E-state index is 10.4. The van der Waals surface area contributed by atoms with Gasteiger partial charge in [-0.15, -0.1) is 0 Å². The third-order valence-corrected chi connectivity index (χ3v) is 7.12. The van der Waals surface area contributed by atoms with Crippen LogP contribution in [0.15, 0.2) is 24.0 Å². The van der Waals surface area contributed by atoms with E-state index in [-0.39, 0.29) is 16.9 Å². The molecule has 0 saturated heterocycles. The molecular weight excluding hydrogens is 264 g/mol. The minimum Gasteiger partial charge on any atom is -0.465 e. The van der Waals surface area contributed by atoms with Crippen molar-refractivity contribution in [3.8, 4) is 0 Å². The zero-order valence-electron chi connectivity index (χ0n) is 13.0. The molecular formula is C18H26O3. The normalized spacial score (nSPS) is 55.0. The summed E-state index contributed by atoms with van der Waals surface area (Å²) in [5.41, 5.74) is 0.0403. The van der Waals surface area contributed by atoms with Gasteiger partial charge in [-0.3, -0.25) is 0 Å². The molecule has 116 valence electrons. The summed E-state index contributed by atoms with van der Waals surface area (Å²) < 4.78 is 5.68. The van der Waals surface area contributed by atoms with E-state index in [1.54, 1.807) is 6.08 Å². The lowest BCUT2D eigenvalue weighted by Crippen LogP contribution is -2.50. The molecule has 21 heavy (non-hydrogen) atoms. The van der Waals surface area contributed by atoms with Crippen LogP contribution in [0.4, 0.5) is 0 Å². The Kier molecular flexibility index (Phi) is 2.87. The number of hydrogen-bond acceptors (Lipinski definition) is 3. The van der Waals surface area contributed by atoms with E-state index in [1.165, 1.54) is 0 Å². The van der Waals surface area contributed by atoms with Crippen LogP contribution in [0.5, 0.6) is 0 Å². The molecule has 1 aliphatic heterocycles. The van der Waals surface area contributed by atoms with Gasteiger partial charge in [-0.2, -0.15) is 0 Å². The average Bonchev–Trinajstić information content (AvgIpc) is 2.76. The van der Waals surface area contributed by atoms with Gasteiger partial charge in [0.2, 0.25) is 6.29 Å². The van der Waals surface area contributed by atoms with Crippen LogP contribution in [0.2, 0.25) is 0 Å². The molecule has 0 radical (unpaired) electrons. The molecule has 3 nitrogen and oxygen atoms in total. The number of aliphatic hydroxyl groups excluding tert-OH is 2. The van der Waals surface area contributed by atoms with Gasteiger partial charge in [0.15, 0.2) is 0 Å². The van der Waals surface area contributed by atoms with Gasteiger partial charge < -0.3 is 14.9 Å². The molecule has 0 aromatic heterocycles. The zero-order chi connectivity index (χ0) is 14.8. The van der Waals surface area contributed by atoms with Gasteiger partial charge in [0.25, 0.3) is 0 Å². The van der Waals surface area contributed by atoms with Crippen LogP contribution in [0.3, 0.4) is 0 Å². The quantitative estimate of drug-likeness (QED) is 0.674. The molecule has 0 bridgehead atoms. The third kappa shape index (κ3) is 1.74. The third-order valence-electron chi connectivity index (χ3n) is 7.12. The number of aliphatic hydroxyl groups is 2. The van der Waals surface area contributed by atoms with Crippen LogP contribution < -0.4 is 0 Å². The van der Waals surface area contributed by atoms with Crippen LogP contribution in [0.1, 0.15) is 46.0 Å². The molecule has 4 aliphatic rings. The second-order valence-corrected chi connectivity index (χ2v) is 7.97. The first-order valence-corrected chi connectivity index (χ1v) is 8.38. The average molecular weight is 290 g/mol. The Labute approximate surface area is 126 Å². The monoisotopic (exact) mass is 290 g/mol. The van der Waals surface area contributed by atoms with E-state index in [9.17, 15) is 10.2 Å². The van der Waals surface area contributed by atoms with Crippen molar-refractivity contribution >= 4 is 0 Å². The standard InChI is InChI=1S/C18H26O3/c1-17-9-7-13-11(12(17)4-5-14(17)19)3-6-15-18(13,2)10-8-16(20)21-15/h6,8,10-14,16,19-20H,3-5,7,9H2,1-2H3/t11-,12-,13+,14?,16?,17-,18+/m0/s1. The molecule has 3 aliphatic carbocycles. The van der Waals surface area contributed by atoms with Crippen molar-refractivity contribution < 1.29 is 14.9 Å². The molecule has 2 fully saturated rings. The Morgan fingerprint density at radius 1 is 1.14 bits per heavy atom. The van der Waals surface area contributed by atoms with Crippen molar-refractivity contribution in [2.75, 3.05) is 0 Å². The highest BCUT2D eigenvalue weighted by Crippen LogP contribution is 2.63. The fraction of sp³-hybridized carbons (Fsp3) is 0.778. The first kappa shape index (κ1) is 13.8. The van der Waals surface area contributed by atoms with Crippen molar-refractivity contribution in [3.05, 3.63) is 24.0 Å². The Balaban J connectivity index is 1.71. The van der Waals surface area contributed by atoms with Gasteiger partial charge in [-0.1, -0.05) is 13.0 Å². The van der Waals surface area contributed by atoms with E-state index >= 15 is 0 Å². The van der Waals surface area contributed by atoms with Crippen molar-refractivity contribution in [2.24, 2.45) is 28.6 Å². The summed E-state index contributed by atoms with van der Waals surface area (Å²) >= 11 is 0. The number of hydrogen-bond donors (Lipinski definition) is 2. The second-order valence-electron chi connectivity index (χ2n) is 7.97. The highest BCUT2D eigenvalue weighted by atomic mass is 16.6. The van der Waals surface area contributed by atoms with Crippen LogP contribution in [0.25, 0.3) is 0 Å². The lowest BCUT2D eigenvalue weighted by Gasteiger charge is -2.55. The highest BCUT2D eigenvalue weighted by Gasteiger charge is 2.58. The molecule has 1 heterocycles. The van der Waals surface area contributed by atoms with Gasteiger partial charge in [0.1, 0.15) is 5.76 Å². The number of ether oxygens (including phenoxy) is 1. The minimum absolute atomic E-state index is 0.0724. The van der Waals surface area contributed by atoms with Crippen LogP contribution >= 0.6 is 0 Å². The Hall–Kier alpha value is -0.800. The Bertz CT molecular complexity index is 511. The van der Waals surface area contributed by atoms with Crippen molar-refractivity contribution in [1.82, 2.24) is 0 Å². The van der Waals surface area contributed by atoms with Crippen LogP contribution in [0, 0.1) is 28.6 Å². The summed E-state index contributed by atoms with van der Waals surface area (Å²) in [5.74, 6) is 2.80. The summed E-state index contributed by atoms with van der Waals surface area (Å²) in [6, 6.07) is 0. The van der Waals surface area contributed by atoms with E-state index in [0.717, 1.165) is 37.9 Å². The number of allylic oxidation sites excluding steroid dienone is 2. The van der Waals surface area contributed by atoms with Gasteiger partial charge in [-0.05, 0) is 74.3 Å². The maximum absolute atomic E-state index is 10.4. The zero-order valence-corrected chi connectivity index (χ0v) is 13.0. The van der Waals surface area contributed by atoms with Crippen LogP contribution in [-0.4, -0.2) is 22.6 Å². The summed E-state index contributed by atoms with van der Waals surface area (Å²) in [4.78, 5) is 0. The molecule has 2 unspecified atom stereocenters. The second kappa shape index (κ2) is 4.36. The van der Waals surface area contributed by atoms with Gasteiger partial charge in [-0.25, -0.2) is 0 Å². The van der Waals surface area contributed by atoms with Gasteiger partial charge in [0.05, 0.1) is 6.10 Å². The van der Waals surface area contributed by atoms with Crippen molar-refractivity contribution in [2.45, 2.75) is 58.3 Å². The molecule has 0 aromatic rings. The van der Waals surface area contributed by atoms with Crippen molar-refractivity contribution in [1.29, 1.82) is 0 Å². The number of rotatable bonds is 0. The fourth-order valence-corrected chi connectivity index (χ4v) is 5.81. The topological polar surface area (TPSA) is 49.7 Å². The summed E-state index contributed by atoms with van der Waals surface area (Å²) in [7, 11) is 0. The first-order chi connectivity index (χ1) is 9.95. The molecule has 4 rings (SSSR count). The van der Waals surface area contributed by atoms with E-state index < -0.39 is 6.29 Å². The lowest BCUT2D eigenvalue weighted by atomic mass is 9.51. The molecule has 2 saturated carbocycles. The van der Waals surface area contributed by atoms with Crippen LogP contribution in [-0.2, 0) is 4.74 Å². The largest absolute Gasteiger partial charge is 0.465 e. The van der Waals surface area contributed by atoms with Gasteiger partial charge >= 0.3 is 0 Å². The Morgan fingerprint density at radius 2 is 1.95 bits per heavy atom. The fourth-order valence-electron chi connectivity index (χ4n) is 5.81. The maximum Gasteiger partial charge on any atom is 0.216 e. The lowest BCUT2D eigenvalue weighted by molar-refractivity contribution is -0.0989. The molecule has 0 spiro atoms. The highest BCUT2D eigenvalue weighted by molar-refractivity contribution is 5.27. The minimum atomic E-state index is -0.789. The number of fused-ring (bicyclic) bond motifs is 5. The molecule has 7 atom stereocenters. The first-order valence-electron chi connectivity index (χ1n) is 8.38. The summed E-state index contributed by atoms with van der Waals surface area (Å²) in [6.07, 6.45) is 10.6. The Morgan fingerprint density at radius 3 is 2.76 bits per heavy atom. The smallest absolute Gasteiger partial charge is 0.216 e. The van der Waals surface area contributed by atoms with E-state index in [4.69, 9.17) is 4.74 Å². The van der Waals surface area contributed by atoms with E-state index in [2.05, 4.69) is 26.0 Å². The van der Waals surface area contributed by atoms with Crippen molar-refractivity contribution in [3.63, 3.8) is 0 Å². The van der Waals surface area contributed by atoms with E-state index in [0.29, 0.717) is 17.8 Å². The SMILES string of the molecule is C[C@]12C=CC(O)OC1=CC[C@@H]1[C@H]2CC[C@]2(C)C(O)CC[C@@H]12. The molecule has 0 amide bonds. The predicted molar refractivity (Wildman–Crippen MR) is 80.1 cm³/mol. The predicted octanol–water partition coefficient (Wildman–Crippen LogP) is 2.99. The summed E-state index contributed by atoms with van der Waals surface area (Å²) in [6.45, 7) is 4.55. The molecule has 2 N–H and O–H groups in total.